The van der Waals surface area contributed by atoms with Crippen molar-refractivity contribution in [1.29, 1.82) is 0 Å². The molecule has 0 radical (unpaired) electrons. The van der Waals surface area contributed by atoms with Crippen LogP contribution in [0.4, 0.5) is 10.1 Å². The van der Waals surface area contributed by atoms with Crippen molar-refractivity contribution in [2.75, 3.05) is 17.2 Å². The lowest BCUT2D eigenvalue weighted by Gasteiger charge is -2.23. The van der Waals surface area contributed by atoms with E-state index in [4.69, 9.17) is 4.74 Å². The van der Waals surface area contributed by atoms with Crippen LogP contribution in [0.25, 0.3) is 0 Å². The molecular weight excluding hydrogens is 431 g/mol. The number of carbonyl (C=O) groups excluding carboxylic acids is 1. The van der Waals surface area contributed by atoms with E-state index in [0.29, 0.717) is 11.4 Å². The zero-order valence-corrected chi connectivity index (χ0v) is 18.7. The number of amides is 1. The summed E-state index contributed by atoms with van der Waals surface area (Å²) >= 11 is 0. The second kappa shape index (κ2) is 10.3. The first-order chi connectivity index (χ1) is 15.2. The molecule has 0 fully saturated rings. The zero-order chi connectivity index (χ0) is 23.1. The number of hydrogen-bond donors (Lipinski definition) is 1. The molecule has 0 aromatic heterocycles. The molecule has 6 nitrogen and oxygen atoms in total. The van der Waals surface area contributed by atoms with Crippen molar-refractivity contribution in [3.8, 4) is 5.75 Å². The predicted octanol–water partition coefficient (Wildman–Crippen LogP) is 4.05. The van der Waals surface area contributed by atoms with Crippen LogP contribution in [0.15, 0.2) is 78.9 Å². The molecule has 0 heterocycles. The summed E-state index contributed by atoms with van der Waals surface area (Å²) in [5.41, 5.74) is 1.62. The van der Waals surface area contributed by atoms with Crippen molar-refractivity contribution in [1.82, 2.24) is 5.32 Å². The molecule has 0 aliphatic carbocycles. The maximum absolute atomic E-state index is 14.0. The summed E-state index contributed by atoms with van der Waals surface area (Å²) in [4.78, 5) is 12.2. The van der Waals surface area contributed by atoms with Crippen molar-refractivity contribution in [2.24, 2.45) is 0 Å². The van der Waals surface area contributed by atoms with Crippen molar-refractivity contribution in [3.05, 3.63) is 95.8 Å². The van der Waals surface area contributed by atoms with E-state index >= 15 is 0 Å². The lowest BCUT2D eigenvalue weighted by molar-refractivity contribution is -0.123. The highest BCUT2D eigenvalue weighted by Gasteiger charge is 2.19. The van der Waals surface area contributed by atoms with Crippen LogP contribution < -0.4 is 14.4 Å². The summed E-state index contributed by atoms with van der Waals surface area (Å²) in [7, 11) is -3.65. The third-order valence-corrected chi connectivity index (χ3v) is 5.98. The number of sulfonamides is 1. The number of nitrogens with zero attached hydrogens (tertiary/aromatic N) is 1. The summed E-state index contributed by atoms with van der Waals surface area (Å²) in [5.74, 6) is -0.338. The van der Waals surface area contributed by atoms with Gasteiger partial charge in [-0.2, -0.15) is 0 Å². The third-order valence-electron chi connectivity index (χ3n) is 4.84. The summed E-state index contributed by atoms with van der Waals surface area (Å²) < 4.78 is 45.2. The summed E-state index contributed by atoms with van der Waals surface area (Å²) in [6.45, 7) is 1.57. The maximum Gasteiger partial charge on any atom is 0.258 e. The maximum atomic E-state index is 14.0. The van der Waals surface area contributed by atoms with Crippen LogP contribution in [0, 0.1) is 5.82 Å². The first-order valence-corrected chi connectivity index (χ1v) is 11.9. The number of hydrogen-bond acceptors (Lipinski definition) is 4. The minimum atomic E-state index is -3.65. The van der Waals surface area contributed by atoms with Crippen molar-refractivity contribution in [3.63, 3.8) is 0 Å². The zero-order valence-electron chi connectivity index (χ0n) is 17.9. The van der Waals surface area contributed by atoms with Gasteiger partial charge in [0.05, 0.1) is 24.5 Å². The standard InChI is InChI=1S/C24H25FN2O4S/c1-18(19-8-4-3-5-9-19)26-24(28)17-31-22-14-12-21(13-15-22)27(32(2,29)30)16-20-10-6-7-11-23(20)25/h3-15,18H,16-17H2,1-2H3,(H,26,28). The van der Waals surface area contributed by atoms with Crippen molar-refractivity contribution in [2.45, 2.75) is 19.5 Å². The van der Waals surface area contributed by atoms with Gasteiger partial charge in [0.25, 0.3) is 5.91 Å². The van der Waals surface area contributed by atoms with Crippen molar-refractivity contribution >= 4 is 21.6 Å². The van der Waals surface area contributed by atoms with Gasteiger partial charge in [-0.1, -0.05) is 48.5 Å². The molecule has 1 N–H and O–H groups in total. The Morgan fingerprint density at radius 3 is 2.25 bits per heavy atom. The third kappa shape index (κ3) is 6.31. The van der Waals surface area contributed by atoms with Gasteiger partial charge in [0.2, 0.25) is 10.0 Å². The topological polar surface area (TPSA) is 75.7 Å². The fourth-order valence-corrected chi connectivity index (χ4v) is 4.03. The normalized spacial score (nSPS) is 12.1. The second-order valence-electron chi connectivity index (χ2n) is 7.34. The Labute approximate surface area is 187 Å². The van der Waals surface area contributed by atoms with E-state index in [2.05, 4.69) is 5.32 Å². The molecule has 1 atom stereocenters. The van der Waals surface area contributed by atoms with E-state index in [-0.39, 0.29) is 30.7 Å². The number of carbonyl (C=O) groups is 1. The number of ether oxygens (including phenoxy) is 1. The Balaban J connectivity index is 1.62. The minimum absolute atomic E-state index is 0.133. The van der Waals surface area contributed by atoms with E-state index in [1.807, 2.05) is 37.3 Å². The summed E-state index contributed by atoms with van der Waals surface area (Å²) in [6, 6.07) is 21.7. The van der Waals surface area contributed by atoms with Gasteiger partial charge >= 0.3 is 0 Å². The largest absolute Gasteiger partial charge is 0.484 e. The Hall–Kier alpha value is -3.39. The Bertz CT molecular complexity index is 1150. The Morgan fingerprint density at radius 1 is 1.00 bits per heavy atom. The van der Waals surface area contributed by atoms with Crippen LogP contribution in [0.2, 0.25) is 0 Å². The van der Waals surface area contributed by atoms with Gasteiger partial charge in [0, 0.05) is 5.56 Å². The lowest BCUT2D eigenvalue weighted by atomic mass is 10.1. The first kappa shape index (κ1) is 23.3. The fourth-order valence-electron chi connectivity index (χ4n) is 3.15. The van der Waals surface area contributed by atoms with Gasteiger partial charge < -0.3 is 10.1 Å². The van der Waals surface area contributed by atoms with Gasteiger partial charge in [-0.25, -0.2) is 12.8 Å². The van der Waals surface area contributed by atoms with E-state index in [1.165, 1.54) is 6.07 Å². The Morgan fingerprint density at radius 2 is 1.62 bits per heavy atom. The molecule has 32 heavy (non-hydrogen) atoms. The minimum Gasteiger partial charge on any atom is -0.484 e. The van der Waals surface area contributed by atoms with E-state index < -0.39 is 15.8 Å². The number of halogens is 1. The van der Waals surface area contributed by atoms with E-state index in [9.17, 15) is 17.6 Å². The number of anilines is 1. The molecular formula is C24H25FN2O4S. The van der Waals surface area contributed by atoms with Crippen LogP contribution >= 0.6 is 0 Å². The molecule has 0 aliphatic heterocycles. The number of nitrogens with one attached hydrogen (secondary N) is 1. The van der Waals surface area contributed by atoms with E-state index in [1.54, 1.807) is 42.5 Å². The van der Waals surface area contributed by atoms with Gasteiger partial charge in [0.15, 0.2) is 6.61 Å². The highest BCUT2D eigenvalue weighted by molar-refractivity contribution is 7.92. The highest BCUT2D eigenvalue weighted by Crippen LogP contribution is 2.24. The average Bonchev–Trinajstić information content (AvgIpc) is 2.77. The molecule has 3 rings (SSSR count). The van der Waals surface area contributed by atoms with Gasteiger partial charge in [-0.05, 0) is 42.8 Å². The molecule has 3 aromatic rings. The molecule has 0 aliphatic rings. The van der Waals surface area contributed by atoms with Crippen LogP contribution in [0.1, 0.15) is 24.1 Å². The molecule has 1 amide bonds. The molecule has 0 bridgehead atoms. The molecule has 0 spiro atoms. The number of rotatable bonds is 9. The summed E-state index contributed by atoms with van der Waals surface area (Å²) in [6.07, 6.45) is 1.07. The lowest BCUT2D eigenvalue weighted by Crippen LogP contribution is -2.31. The average molecular weight is 457 g/mol. The Kier molecular flexibility index (Phi) is 7.48. The van der Waals surface area contributed by atoms with Crippen LogP contribution in [-0.2, 0) is 21.4 Å². The molecule has 0 saturated heterocycles. The molecule has 8 heteroatoms. The van der Waals surface area contributed by atoms with Crippen molar-refractivity contribution < 1.29 is 22.3 Å². The van der Waals surface area contributed by atoms with E-state index in [0.717, 1.165) is 16.1 Å². The fraction of sp³-hybridized carbons (Fsp3) is 0.208. The SMILES string of the molecule is CC(NC(=O)COc1ccc(N(Cc2ccccc2F)S(C)(=O)=O)cc1)c1ccccc1. The molecule has 1 unspecified atom stereocenters. The van der Waals surface area contributed by atoms with Gasteiger partial charge in [-0.15, -0.1) is 0 Å². The predicted molar refractivity (Wildman–Crippen MR) is 122 cm³/mol. The first-order valence-electron chi connectivity index (χ1n) is 10.0. The van der Waals surface area contributed by atoms with Crippen LogP contribution in [0.5, 0.6) is 5.75 Å². The monoisotopic (exact) mass is 456 g/mol. The second-order valence-corrected chi connectivity index (χ2v) is 9.25. The summed E-state index contributed by atoms with van der Waals surface area (Å²) in [5, 5.41) is 2.86. The van der Waals surface area contributed by atoms with Crippen LogP contribution in [0.3, 0.4) is 0 Å². The number of benzene rings is 3. The van der Waals surface area contributed by atoms with Gasteiger partial charge in [0.1, 0.15) is 11.6 Å². The molecule has 3 aromatic carbocycles. The highest BCUT2D eigenvalue weighted by atomic mass is 32.2. The molecule has 168 valence electrons. The smallest absolute Gasteiger partial charge is 0.258 e. The van der Waals surface area contributed by atoms with Crippen LogP contribution in [-0.4, -0.2) is 27.2 Å². The quantitative estimate of drug-likeness (QED) is 0.527. The molecule has 0 saturated carbocycles. The van der Waals surface area contributed by atoms with Gasteiger partial charge in [-0.3, -0.25) is 9.10 Å².